The summed E-state index contributed by atoms with van der Waals surface area (Å²) in [6.45, 7) is 0.350. The summed E-state index contributed by atoms with van der Waals surface area (Å²) in [4.78, 5) is 26.3. The van der Waals surface area contributed by atoms with E-state index in [2.05, 4.69) is 0 Å². The molecule has 3 rings (SSSR count). The molecule has 136 valence electrons. The van der Waals surface area contributed by atoms with E-state index in [0.29, 0.717) is 25.8 Å². The minimum absolute atomic E-state index is 0.0179. The predicted molar refractivity (Wildman–Crippen MR) is 85.0 cm³/mol. The highest BCUT2D eigenvalue weighted by atomic mass is 19.1. The standard InChI is InChI=1S/C18H21F2NO4/c1-25-11-17(16(23)24)7-8-21(10-17)15(22)18(5-2-6-18)13-4-3-12(19)9-14(13)20/h3-4,9H,2,5-8,10-11H2,1H3,(H,23,24). The maximum atomic E-state index is 14.3. The lowest BCUT2D eigenvalue weighted by molar-refractivity contribution is -0.152. The Morgan fingerprint density at radius 1 is 1.28 bits per heavy atom. The lowest BCUT2D eigenvalue weighted by atomic mass is 9.63. The van der Waals surface area contributed by atoms with E-state index in [0.717, 1.165) is 18.6 Å². The van der Waals surface area contributed by atoms with Gasteiger partial charge in [-0.05, 0) is 25.3 Å². The van der Waals surface area contributed by atoms with Crippen LogP contribution in [0.4, 0.5) is 8.78 Å². The Hall–Kier alpha value is -2.02. The summed E-state index contributed by atoms with van der Waals surface area (Å²) < 4.78 is 32.6. The third-order valence-corrected chi connectivity index (χ3v) is 5.58. The number of benzene rings is 1. The van der Waals surface area contributed by atoms with Crippen LogP contribution in [0.3, 0.4) is 0 Å². The van der Waals surface area contributed by atoms with E-state index in [4.69, 9.17) is 4.74 Å². The molecule has 25 heavy (non-hydrogen) atoms. The first-order valence-corrected chi connectivity index (χ1v) is 8.32. The minimum Gasteiger partial charge on any atom is -0.481 e. The Labute approximate surface area is 144 Å². The number of halogens is 2. The number of likely N-dealkylation sites (tertiary alicyclic amines) is 1. The normalized spacial score (nSPS) is 24.8. The van der Waals surface area contributed by atoms with Crippen molar-refractivity contribution in [3.05, 3.63) is 35.4 Å². The highest BCUT2D eigenvalue weighted by Crippen LogP contribution is 2.47. The van der Waals surface area contributed by atoms with Gasteiger partial charge in [0.1, 0.15) is 17.0 Å². The fraction of sp³-hybridized carbons (Fsp3) is 0.556. The second-order valence-corrected chi connectivity index (χ2v) is 7.06. The molecule has 1 saturated heterocycles. The zero-order chi connectivity index (χ0) is 18.2. The number of methoxy groups -OCH3 is 1. The number of carbonyl (C=O) groups is 2. The highest BCUT2D eigenvalue weighted by molar-refractivity contribution is 5.90. The van der Waals surface area contributed by atoms with E-state index in [1.54, 1.807) is 0 Å². The zero-order valence-electron chi connectivity index (χ0n) is 14.1. The van der Waals surface area contributed by atoms with Crippen LogP contribution in [0, 0.1) is 17.0 Å². The Kier molecular flexibility index (Phi) is 4.53. The number of amides is 1. The predicted octanol–water partition coefficient (Wildman–Crippen LogP) is 2.34. The molecule has 1 N–H and O–H groups in total. The van der Waals surface area contributed by atoms with Gasteiger partial charge in [-0.25, -0.2) is 8.78 Å². The van der Waals surface area contributed by atoms with Crippen LogP contribution in [0.5, 0.6) is 0 Å². The number of carbonyl (C=O) groups excluding carboxylic acids is 1. The van der Waals surface area contributed by atoms with Gasteiger partial charge in [-0.1, -0.05) is 12.5 Å². The molecule has 5 nitrogen and oxygen atoms in total. The van der Waals surface area contributed by atoms with Crippen LogP contribution in [0.1, 0.15) is 31.2 Å². The Bertz CT molecular complexity index is 704. The first-order chi connectivity index (χ1) is 11.8. The molecule has 1 atom stereocenters. The van der Waals surface area contributed by atoms with Crippen LogP contribution >= 0.6 is 0 Å². The highest BCUT2D eigenvalue weighted by Gasteiger charge is 2.53. The number of carboxylic acid groups (broad SMARTS) is 1. The van der Waals surface area contributed by atoms with Crippen LogP contribution in [0.15, 0.2) is 18.2 Å². The summed E-state index contributed by atoms with van der Waals surface area (Å²) in [6.07, 6.45) is 2.03. The first-order valence-electron chi connectivity index (χ1n) is 8.32. The summed E-state index contributed by atoms with van der Waals surface area (Å²) in [5.41, 5.74) is -1.94. The van der Waals surface area contributed by atoms with E-state index in [-0.39, 0.29) is 24.6 Å². The number of hydrogen-bond acceptors (Lipinski definition) is 3. The Balaban J connectivity index is 1.88. The van der Waals surface area contributed by atoms with Crippen molar-refractivity contribution in [1.82, 2.24) is 4.90 Å². The molecule has 0 aromatic heterocycles. The van der Waals surface area contributed by atoms with Gasteiger partial charge < -0.3 is 14.7 Å². The van der Waals surface area contributed by atoms with Crippen molar-refractivity contribution in [1.29, 1.82) is 0 Å². The third-order valence-electron chi connectivity index (χ3n) is 5.58. The first kappa shape index (κ1) is 17.8. The second kappa shape index (κ2) is 6.37. The largest absolute Gasteiger partial charge is 0.481 e. The molecule has 1 aromatic rings. The molecule has 1 aliphatic heterocycles. The third kappa shape index (κ3) is 2.80. The van der Waals surface area contributed by atoms with Crippen LogP contribution in [-0.2, 0) is 19.7 Å². The monoisotopic (exact) mass is 353 g/mol. The molecule has 2 aliphatic rings. The van der Waals surface area contributed by atoms with Crippen molar-refractivity contribution in [2.45, 2.75) is 31.1 Å². The van der Waals surface area contributed by atoms with Gasteiger partial charge in [0.2, 0.25) is 5.91 Å². The summed E-state index contributed by atoms with van der Waals surface area (Å²) >= 11 is 0. The molecule has 1 saturated carbocycles. The molecule has 1 amide bonds. The van der Waals surface area contributed by atoms with Crippen molar-refractivity contribution < 1.29 is 28.2 Å². The smallest absolute Gasteiger partial charge is 0.313 e. The Morgan fingerprint density at radius 3 is 2.52 bits per heavy atom. The molecule has 1 aliphatic carbocycles. The lowest BCUT2D eigenvalue weighted by Gasteiger charge is -2.43. The van der Waals surface area contributed by atoms with Crippen molar-refractivity contribution >= 4 is 11.9 Å². The summed E-state index contributed by atoms with van der Waals surface area (Å²) in [5, 5.41) is 9.54. The molecule has 0 radical (unpaired) electrons. The number of ether oxygens (including phenoxy) is 1. The molecular weight excluding hydrogens is 332 g/mol. The summed E-state index contributed by atoms with van der Waals surface area (Å²) in [6, 6.07) is 3.28. The second-order valence-electron chi connectivity index (χ2n) is 7.06. The van der Waals surface area contributed by atoms with E-state index in [9.17, 15) is 23.5 Å². The molecule has 0 bridgehead atoms. The molecule has 1 heterocycles. The molecule has 1 unspecified atom stereocenters. The van der Waals surface area contributed by atoms with Gasteiger partial charge in [0.05, 0.1) is 12.0 Å². The maximum absolute atomic E-state index is 14.3. The maximum Gasteiger partial charge on any atom is 0.313 e. The number of nitrogens with zero attached hydrogens (tertiary/aromatic N) is 1. The zero-order valence-corrected chi connectivity index (χ0v) is 14.1. The quantitative estimate of drug-likeness (QED) is 0.882. The molecule has 2 fully saturated rings. The molecule has 7 heteroatoms. The molecular formula is C18H21F2NO4. The van der Waals surface area contributed by atoms with Crippen LogP contribution < -0.4 is 0 Å². The number of carboxylic acids is 1. The Morgan fingerprint density at radius 2 is 2.00 bits per heavy atom. The van der Waals surface area contributed by atoms with E-state index in [1.165, 1.54) is 18.1 Å². The van der Waals surface area contributed by atoms with Crippen molar-refractivity contribution in [2.24, 2.45) is 5.41 Å². The van der Waals surface area contributed by atoms with Crippen molar-refractivity contribution in [3.8, 4) is 0 Å². The van der Waals surface area contributed by atoms with Crippen LogP contribution in [0.25, 0.3) is 0 Å². The number of aliphatic carboxylic acids is 1. The SMILES string of the molecule is COCC1(C(=O)O)CCN(C(=O)C2(c3ccc(F)cc3F)CCC2)C1. The van der Waals surface area contributed by atoms with Gasteiger partial charge in [-0.3, -0.25) is 9.59 Å². The fourth-order valence-electron chi connectivity index (χ4n) is 3.99. The van der Waals surface area contributed by atoms with Gasteiger partial charge >= 0.3 is 5.97 Å². The van der Waals surface area contributed by atoms with Gasteiger partial charge in [-0.15, -0.1) is 0 Å². The van der Waals surface area contributed by atoms with Crippen molar-refractivity contribution in [3.63, 3.8) is 0 Å². The summed E-state index contributed by atoms with van der Waals surface area (Å²) in [5.74, 6) is -2.69. The van der Waals surface area contributed by atoms with Crippen LogP contribution in [-0.4, -0.2) is 48.7 Å². The molecule has 0 spiro atoms. The average molecular weight is 353 g/mol. The summed E-state index contributed by atoms with van der Waals surface area (Å²) in [7, 11) is 1.43. The van der Waals surface area contributed by atoms with E-state index in [1.807, 2.05) is 0 Å². The van der Waals surface area contributed by atoms with Gasteiger partial charge in [0, 0.05) is 31.8 Å². The van der Waals surface area contributed by atoms with E-state index < -0.39 is 28.4 Å². The lowest BCUT2D eigenvalue weighted by Crippen LogP contribution is -2.52. The average Bonchev–Trinajstić information content (AvgIpc) is 2.94. The number of hydrogen-bond donors (Lipinski definition) is 1. The number of rotatable bonds is 5. The minimum atomic E-state index is -1.13. The van der Waals surface area contributed by atoms with Crippen LogP contribution in [0.2, 0.25) is 0 Å². The van der Waals surface area contributed by atoms with E-state index >= 15 is 0 Å². The van der Waals surface area contributed by atoms with Gasteiger partial charge in [-0.2, -0.15) is 0 Å². The van der Waals surface area contributed by atoms with Gasteiger partial charge in [0.25, 0.3) is 0 Å². The molecule has 1 aromatic carbocycles. The van der Waals surface area contributed by atoms with Crippen molar-refractivity contribution in [2.75, 3.05) is 26.8 Å². The van der Waals surface area contributed by atoms with Gasteiger partial charge in [0.15, 0.2) is 0 Å². The fourth-order valence-corrected chi connectivity index (χ4v) is 3.99. The topological polar surface area (TPSA) is 66.8 Å².